The van der Waals surface area contributed by atoms with Gasteiger partial charge in [-0.25, -0.2) is 0 Å². The monoisotopic (exact) mass is 158 g/mol. The lowest BCUT2D eigenvalue weighted by Crippen LogP contribution is -1.80. The van der Waals surface area contributed by atoms with Crippen LogP contribution < -0.4 is 0 Å². The summed E-state index contributed by atoms with van der Waals surface area (Å²) in [4.78, 5) is 1.15. The third-order valence-electron chi connectivity index (χ3n) is 1.14. The highest BCUT2D eigenvalue weighted by Crippen LogP contribution is 2.22. The fourth-order valence-electron chi connectivity index (χ4n) is 0.645. The lowest BCUT2D eigenvalue weighted by molar-refractivity contribution is 0.259. The zero-order valence-corrected chi connectivity index (χ0v) is 6.90. The van der Waals surface area contributed by atoms with Crippen molar-refractivity contribution in [1.82, 2.24) is 0 Å². The van der Waals surface area contributed by atoms with Crippen LogP contribution in [-0.4, -0.2) is 13.0 Å². The van der Waals surface area contributed by atoms with Gasteiger partial charge in [-0.15, -0.1) is 0 Å². The van der Waals surface area contributed by atoms with E-state index in [-0.39, 0.29) is 0 Å². The summed E-state index contributed by atoms with van der Waals surface area (Å²) in [6, 6.07) is 1.94. The van der Waals surface area contributed by atoms with Crippen molar-refractivity contribution in [3.05, 3.63) is 18.1 Å². The molecule has 0 aromatic carbocycles. The summed E-state index contributed by atoms with van der Waals surface area (Å²) in [5, 5.41) is 0. The van der Waals surface area contributed by atoms with E-state index < -0.39 is 0 Å². The summed E-state index contributed by atoms with van der Waals surface area (Å²) in [6.07, 6.45) is 1.69. The zero-order valence-electron chi connectivity index (χ0n) is 6.09. The van der Waals surface area contributed by atoms with Gasteiger partial charge in [0.1, 0.15) is 5.76 Å². The quantitative estimate of drug-likeness (QED) is 0.497. The summed E-state index contributed by atoms with van der Waals surface area (Å²) in [6.45, 7) is 1.94. The van der Waals surface area contributed by atoms with Crippen LogP contribution in [0.4, 0.5) is 0 Å². The van der Waals surface area contributed by atoms with Crippen LogP contribution in [0.1, 0.15) is 5.76 Å². The molecule has 0 saturated carbocycles. The topological polar surface area (TPSA) is 22.4 Å². The first-order valence-electron chi connectivity index (χ1n) is 3.00. The molecule has 0 atom stereocenters. The predicted molar refractivity (Wildman–Crippen MR) is 41.2 cm³/mol. The molecule has 10 heavy (non-hydrogen) atoms. The minimum atomic E-state index is 0.681. The van der Waals surface area contributed by atoms with Crippen molar-refractivity contribution in [3.8, 4) is 0 Å². The van der Waals surface area contributed by atoms with Gasteiger partial charge in [0.2, 0.25) is 0 Å². The third kappa shape index (κ3) is 1.78. The average Bonchev–Trinajstić information content (AvgIpc) is 2.31. The van der Waals surface area contributed by atoms with Gasteiger partial charge < -0.3 is 9.15 Å². The molecular formula is C7H10O2S. The van der Waals surface area contributed by atoms with Gasteiger partial charge in [0.25, 0.3) is 0 Å². The van der Waals surface area contributed by atoms with E-state index >= 15 is 0 Å². The van der Waals surface area contributed by atoms with E-state index in [4.69, 9.17) is 9.15 Å². The summed E-state index contributed by atoms with van der Waals surface area (Å²) >= 11 is 1.64. The lowest BCUT2D eigenvalue weighted by Gasteiger charge is -1.95. The summed E-state index contributed by atoms with van der Waals surface area (Å²) in [5.74, 6) is 1.64. The predicted octanol–water partition coefficient (Wildman–Crippen LogP) is 2.28. The Balaban J connectivity index is 2.49. The maximum atomic E-state index is 5.09. The highest BCUT2D eigenvalue weighted by Gasteiger charge is 1.99. The standard InChI is InChI=1S/C7H10O2S/c1-6-7(3-4-9-6)10-5-8-2/h3-4H,5H2,1-2H3. The number of furan rings is 1. The minimum absolute atomic E-state index is 0.681. The molecule has 2 nitrogen and oxygen atoms in total. The van der Waals surface area contributed by atoms with Crippen molar-refractivity contribution < 1.29 is 9.15 Å². The number of hydrogen-bond donors (Lipinski definition) is 0. The van der Waals surface area contributed by atoms with Crippen LogP contribution in [0.5, 0.6) is 0 Å². The Labute approximate surface area is 64.6 Å². The van der Waals surface area contributed by atoms with Crippen LogP contribution in [0.3, 0.4) is 0 Å². The smallest absolute Gasteiger partial charge is 0.114 e. The van der Waals surface area contributed by atoms with Crippen molar-refractivity contribution in [2.24, 2.45) is 0 Å². The molecule has 0 saturated heterocycles. The second-order valence-corrected chi connectivity index (χ2v) is 2.86. The fourth-order valence-corrected chi connectivity index (χ4v) is 1.29. The SMILES string of the molecule is COCSc1ccoc1C. The molecule has 0 unspecified atom stereocenters. The Bertz CT molecular complexity index is 195. The van der Waals surface area contributed by atoms with E-state index in [1.807, 2.05) is 13.0 Å². The molecule has 1 aromatic heterocycles. The Morgan fingerprint density at radius 2 is 2.50 bits per heavy atom. The Kier molecular flexibility index (Phi) is 2.83. The molecule has 0 fully saturated rings. The molecule has 0 N–H and O–H groups in total. The highest BCUT2D eigenvalue weighted by molar-refractivity contribution is 7.99. The van der Waals surface area contributed by atoms with Crippen LogP contribution in [0, 0.1) is 6.92 Å². The molecule has 56 valence electrons. The van der Waals surface area contributed by atoms with Crippen molar-refractivity contribution in [1.29, 1.82) is 0 Å². The van der Waals surface area contributed by atoms with Crippen molar-refractivity contribution >= 4 is 11.8 Å². The number of hydrogen-bond acceptors (Lipinski definition) is 3. The van der Waals surface area contributed by atoms with Gasteiger partial charge in [0, 0.05) is 7.11 Å². The Morgan fingerprint density at radius 3 is 3.00 bits per heavy atom. The fraction of sp³-hybridized carbons (Fsp3) is 0.429. The summed E-state index contributed by atoms with van der Waals surface area (Å²) in [5.41, 5.74) is 0. The molecule has 0 spiro atoms. The van der Waals surface area contributed by atoms with Crippen LogP contribution in [0.2, 0.25) is 0 Å². The number of methoxy groups -OCH3 is 1. The lowest BCUT2D eigenvalue weighted by atomic mass is 10.5. The maximum Gasteiger partial charge on any atom is 0.114 e. The molecule has 0 amide bonds. The molecule has 0 radical (unpaired) electrons. The number of aryl methyl sites for hydroxylation is 1. The van der Waals surface area contributed by atoms with Gasteiger partial charge in [-0.2, -0.15) is 0 Å². The molecule has 1 rings (SSSR count). The van der Waals surface area contributed by atoms with Crippen molar-refractivity contribution in [2.45, 2.75) is 11.8 Å². The Morgan fingerprint density at radius 1 is 1.70 bits per heavy atom. The summed E-state index contributed by atoms with van der Waals surface area (Å²) in [7, 11) is 1.68. The molecule has 1 aromatic rings. The van der Waals surface area contributed by atoms with E-state index in [1.54, 1.807) is 25.1 Å². The average molecular weight is 158 g/mol. The number of rotatable bonds is 3. The largest absolute Gasteiger partial charge is 0.468 e. The van der Waals surface area contributed by atoms with Gasteiger partial charge in [-0.1, -0.05) is 11.8 Å². The molecule has 0 aliphatic heterocycles. The first kappa shape index (κ1) is 7.69. The first-order valence-corrected chi connectivity index (χ1v) is 3.99. The van der Waals surface area contributed by atoms with Crippen LogP contribution in [-0.2, 0) is 4.74 Å². The normalized spacial score (nSPS) is 10.2. The molecule has 0 aliphatic carbocycles. The van der Waals surface area contributed by atoms with Gasteiger partial charge >= 0.3 is 0 Å². The maximum absolute atomic E-state index is 5.09. The first-order chi connectivity index (χ1) is 4.84. The number of ether oxygens (including phenoxy) is 1. The van der Waals surface area contributed by atoms with E-state index in [9.17, 15) is 0 Å². The molecule has 0 aliphatic rings. The molecule has 3 heteroatoms. The van der Waals surface area contributed by atoms with E-state index in [2.05, 4.69) is 0 Å². The second-order valence-electron chi connectivity index (χ2n) is 1.89. The minimum Gasteiger partial charge on any atom is -0.468 e. The van der Waals surface area contributed by atoms with Gasteiger partial charge in [-0.05, 0) is 13.0 Å². The molecule has 0 bridgehead atoms. The van der Waals surface area contributed by atoms with Gasteiger partial charge in [0.05, 0.1) is 17.1 Å². The van der Waals surface area contributed by atoms with Crippen molar-refractivity contribution in [3.63, 3.8) is 0 Å². The molecule has 1 heterocycles. The van der Waals surface area contributed by atoms with Crippen LogP contribution in [0.15, 0.2) is 21.6 Å². The van der Waals surface area contributed by atoms with Gasteiger partial charge in [0.15, 0.2) is 0 Å². The second kappa shape index (κ2) is 3.68. The van der Waals surface area contributed by atoms with Gasteiger partial charge in [-0.3, -0.25) is 0 Å². The zero-order chi connectivity index (χ0) is 7.40. The third-order valence-corrected chi connectivity index (χ3v) is 2.23. The van der Waals surface area contributed by atoms with Crippen LogP contribution in [0.25, 0.3) is 0 Å². The van der Waals surface area contributed by atoms with E-state index in [1.165, 1.54) is 0 Å². The summed E-state index contributed by atoms with van der Waals surface area (Å²) < 4.78 is 9.98. The van der Waals surface area contributed by atoms with Crippen LogP contribution >= 0.6 is 11.8 Å². The van der Waals surface area contributed by atoms with E-state index in [0.717, 1.165) is 10.7 Å². The highest BCUT2D eigenvalue weighted by atomic mass is 32.2. The van der Waals surface area contributed by atoms with Crippen molar-refractivity contribution in [2.75, 3.05) is 13.0 Å². The Hall–Kier alpha value is -0.410. The number of thioether (sulfide) groups is 1. The molecular weight excluding hydrogens is 148 g/mol. The van der Waals surface area contributed by atoms with E-state index in [0.29, 0.717) is 5.94 Å².